The molecule has 0 aliphatic heterocycles. The minimum atomic E-state index is -0.0522. The van der Waals surface area contributed by atoms with Gasteiger partial charge >= 0.3 is 0 Å². The summed E-state index contributed by atoms with van der Waals surface area (Å²) in [6.07, 6.45) is 6.33. The van der Waals surface area contributed by atoms with Gasteiger partial charge in [0, 0.05) is 11.0 Å². The number of aromatic hydroxyl groups is 2. The fourth-order valence-electron chi connectivity index (χ4n) is 5.53. The Morgan fingerprint density at radius 1 is 1.00 bits per heavy atom. The van der Waals surface area contributed by atoms with Crippen molar-refractivity contribution in [2.75, 3.05) is 0 Å². The molecular formula is C20H30O2. The van der Waals surface area contributed by atoms with Crippen LogP contribution in [0.25, 0.3) is 0 Å². The van der Waals surface area contributed by atoms with E-state index in [9.17, 15) is 10.2 Å². The van der Waals surface area contributed by atoms with Gasteiger partial charge < -0.3 is 10.2 Å². The summed E-state index contributed by atoms with van der Waals surface area (Å²) in [7, 11) is 0. The molecule has 2 saturated carbocycles. The highest BCUT2D eigenvalue weighted by molar-refractivity contribution is 5.45. The third-order valence-electron chi connectivity index (χ3n) is 7.09. The number of phenolic OH excluding ortho intramolecular Hbond substituents is 2. The normalized spacial score (nSPS) is 37.5. The van der Waals surface area contributed by atoms with Crippen LogP contribution in [0.15, 0.2) is 18.2 Å². The number of benzene rings is 1. The van der Waals surface area contributed by atoms with E-state index in [0.717, 1.165) is 5.56 Å². The maximum atomic E-state index is 10.5. The van der Waals surface area contributed by atoms with Crippen LogP contribution in [0, 0.1) is 23.2 Å². The topological polar surface area (TPSA) is 40.5 Å². The Morgan fingerprint density at radius 3 is 2.45 bits per heavy atom. The lowest BCUT2D eigenvalue weighted by molar-refractivity contribution is -0.0341. The molecule has 0 heterocycles. The van der Waals surface area contributed by atoms with Gasteiger partial charge in [-0.25, -0.2) is 0 Å². The molecule has 2 nitrogen and oxygen atoms in total. The molecule has 2 aliphatic rings. The average Bonchev–Trinajstić information content (AvgIpc) is 2.45. The van der Waals surface area contributed by atoms with Crippen LogP contribution in [-0.2, 0) is 5.41 Å². The summed E-state index contributed by atoms with van der Waals surface area (Å²) in [6.45, 7) is 9.48. The Morgan fingerprint density at radius 2 is 1.73 bits per heavy atom. The van der Waals surface area contributed by atoms with Crippen LogP contribution < -0.4 is 0 Å². The van der Waals surface area contributed by atoms with E-state index in [1.807, 2.05) is 0 Å². The van der Waals surface area contributed by atoms with E-state index < -0.39 is 0 Å². The van der Waals surface area contributed by atoms with E-state index in [2.05, 4.69) is 27.7 Å². The number of hydrogen-bond acceptors (Lipinski definition) is 2. The number of rotatable bonds is 1. The third kappa shape index (κ3) is 2.23. The van der Waals surface area contributed by atoms with Crippen LogP contribution in [0.1, 0.15) is 65.4 Å². The molecule has 122 valence electrons. The molecule has 0 bridgehead atoms. The molecule has 1 aromatic carbocycles. The molecule has 0 saturated heterocycles. The Bertz CT molecular complexity index is 563. The molecule has 0 radical (unpaired) electrons. The summed E-state index contributed by atoms with van der Waals surface area (Å²) in [5.74, 6) is 2.43. The Labute approximate surface area is 134 Å². The largest absolute Gasteiger partial charge is 0.508 e. The van der Waals surface area contributed by atoms with Crippen molar-refractivity contribution in [2.24, 2.45) is 23.2 Å². The lowest BCUT2D eigenvalue weighted by Crippen LogP contribution is -2.51. The molecule has 2 aliphatic carbocycles. The SMILES string of the molecule is C[C@H]1CC[C@@H]2C(CCCC2(C)C)[C@]1(C)c1cc(O)ccc1O. The molecule has 1 unspecified atom stereocenters. The molecule has 22 heavy (non-hydrogen) atoms. The van der Waals surface area contributed by atoms with Crippen LogP contribution in [0.2, 0.25) is 0 Å². The molecule has 0 aromatic heterocycles. The van der Waals surface area contributed by atoms with Crippen molar-refractivity contribution < 1.29 is 10.2 Å². The van der Waals surface area contributed by atoms with Crippen LogP contribution in [-0.4, -0.2) is 10.2 Å². The first-order valence-corrected chi connectivity index (χ1v) is 8.79. The molecule has 0 spiro atoms. The Hall–Kier alpha value is -1.18. The summed E-state index contributed by atoms with van der Waals surface area (Å²) in [5, 5.41) is 20.4. The van der Waals surface area contributed by atoms with Gasteiger partial charge in [0.15, 0.2) is 0 Å². The van der Waals surface area contributed by atoms with Crippen molar-refractivity contribution in [1.29, 1.82) is 0 Å². The van der Waals surface area contributed by atoms with Gasteiger partial charge in [-0.1, -0.05) is 34.1 Å². The highest BCUT2D eigenvalue weighted by Crippen LogP contribution is 2.60. The maximum absolute atomic E-state index is 10.5. The maximum Gasteiger partial charge on any atom is 0.119 e. The Balaban J connectivity index is 2.10. The monoisotopic (exact) mass is 302 g/mol. The van der Waals surface area contributed by atoms with Gasteiger partial charge in [0.2, 0.25) is 0 Å². The van der Waals surface area contributed by atoms with Crippen molar-refractivity contribution in [3.05, 3.63) is 23.8 Å². The van der Waals surface area contributed by atoms with Gasteiger partial charge in [-0.05, 0) is 67.1 Å². The predicted octanol–water partition coefficient (Wildman–Crippen LogP) is 5.23. The number of hydrogen-bond donors (Lipinski definition) is 2. The van der Waals surface area contributed by atoms with Gasteiger partial charge in [0.25, 0.3) is 0 Å². The smallest absolute Gasteiger partial charge is 0.119 e. The molecule has 2 fully saturated rings. The molecule has 0 amide bonds. The zero-order valence-electron chi connectivity index (χ0n) is 14.4. The fourth-order valence-corrected chi connectivity index (χ4v) is 5.53. The van der Waals surface area contributed by atoms with Gasteiger partial charge in [-0.2, -0.15) is 0 Å². The van der Waals surface area contributed by atoms with Gasteiger partial charge in [0.1, 0.15) is 11.5 Å². The van der Waals surface area contributed by atoms with Crippen molar-refractivity contribution in [1.82, 2.24) is 0 Å². The second kappa shape index (κ2) is 5.18. The first-order valence-electron chi connectivity index (χ1n) is 8.79. The molecule has 2 heteroatoms. The van der Waals surface area contributed by atoms with Crippen LogP contribution in [0.3, 0.4) is 0 Å². The van der Waals surface area contributed by atoms with Crippen LogP contribution in [0.4, 0.5) is 0 Å². The first kappa shape index (κ1) is 15.7. The van der Waals surface area contributed by atoms with Crippen LogP contribution in [0.5, 0.6) is 11.5 Å². The lowest BCUT2D eigenvalue weighted by atomic mass is 9.47. The van der Waals surface area contributed by atoms with E-state index in [4.69, 9.17) is 0 Å². The minimum Gasteiger partial charge on any atom is -0.508 e. The summed E-state index contributed by atoms with van der Waals surface area (Å²) in [6, 6.07) is 5.04. The second-order valence-electron chi connectivity index (χ2n) is 8.56. The summed E-state index contributed by atoms with van der Waals surface area (Å²) in [5.41, 5.74) is 1.28. The van der Waals surface area contributed by atoms with Crippen LogP contribution >= 0.6 is 0 Å². The lowest BCUT2D eigenvalue weighted by Gasteiger charge is -2.57. The zero-order valence-corrected chi connectivity index (χ0v) is 14.4. The first-order chi connectivity index (χ1) is 10.3. The molecule has 3 rings (SSSR count). The zero-order chi connectivity index (χ0) is 16.1. The van der Waals surface area contributed by atoms with Crippen molar-refractivity contribution >= 4 is 0 Å². The Kier molecular flexibility index (Phi) is 3.70. The predicted molar refractivity (Wildman–Crippen MR) is 90.1 cm³/mol. The number of phenols is 2. The second-order valence-corrected chi connectivity index (χ2v) is 8.56. The highest BCUT2D eigenvalue weighted by atomic mass is 16.3. The van der Waals surface area contributed by atoms with Crippen molar-refractivity contribution in [3.8, 4) is 11.5 Å². The van der Waals surface area contributed by atoms with Crippen molar-refractivity contribution in [2.45, 2.75) is 65.2 Å². The molecular weight excluding hydrogens is 272 g/mol. The van der Waals surface area contributed by atoms with E-state index in [0.29, 0.717) is 28.9 Å². The summed E-state index contributed by atoms with van der Waals surface area (Å²) >= 11 is 0. The fraction of sp³-hybridized carbons (Fsp3) is 0.700. The third-order valence-corrected chi connectivity index (χ3v) is 7.09. The van der Waals surface area contributed by atoms with Crippen molar-refractivity contribution in [3.63, 3.8) is 0 Å². The van der Waals surface area contributed by atoms with E-state index in [-0.39, 0.29) is 11.2 Å². The molecule has 2 N–H and O–H groups in total. The molecule has 4 atom stereocenters. The quantitative estimate of drug-likeness (QED) is 0.697. The minimum absolute atomic E-state index is 0.0522. The standard InChI is InChI=1S/C20H30O2/c1-13-7-9-15-16(6-5-11-19(15,2)3)20(13,4)17-12-14(21)8-10-18(17)22/h8,10,12-13,15-16,21-22H,5-7,9,11H2,1-4H3/t13-,15+,16?,20+/m0/s1. The van der Waals surface area contributed by atoms with E-state index >= 15 is 0 Å². The van der Waals surface area contributed by atoms with E-state index in [1.54, 1.807) is 18.2 Å². The summed E-state index contributed by atoms with van der Waals surface area (Å²) < 4.78 is 0. The van der Waals surface area contributed by atoms with Gasteiger partial charge in [-0.3, -0.25) is 0 Å². The number of fused-ring (bicyclic) bond motifs is 1. The van der Waals surface area contributed by atoms with Gasteiger partial charge in [-0.15, -0.1) is 0 Å². The average molecular weight is 302 g/mol. The summed E-state index contributed by atoms with van der Waals surface area (Å²) in [4.78, 5) is 0. The van der Waals surface area contributed by atoms with Gasteiger partial charge in [0.05, 0.1) is 0 Å². The highest BCUT2D eigenvalue weighted by Gasteiger charge is 2.53. The van der Waals surface area contributed by atoms with E-state index in [1.165, 1.54) is 32.1 Å². The molecule has 1 aromatic rings.